The summed E-state index contributed by atoms with van der Waals surface area (Å²) >= 11 is 0. The van der Waals surface area contributed by atoms with E-state index < -0.39 is 6.61 Å². The van der Waals surface area contributed by atoms with Gasteiger partial charge in [-0.15, -0.1) is 0 Å². The van der Waals surface area contributed by atoms with Crippen LogP contribution in [-0.2, 0) is 6.54 Å². The molecule has 0 bridgehead atoms. The molecule has 0 atom stereocenters. The quantitative estimate of drug-likeness (QED) is 0.573. The molecular weight excluding hydrogens is 338 g/mol. The van der Waals surface area contributed by atoms with Gasteiger partial charge in [-0.05, 0) is 39.7 Å². The van der Waals surface area contributed by atoms with Gasteiger partial charge in [0.1, 0.15) is 5.75 Å². The van der Waals surface area contributed by atoms with E-state index in [0.29, 0.717) is 23.6 Å². The molecule has 1 saturated heterocycles. The minimum absolute atomic E-state index is 0.173. The average Bonchev–Trinajstić information content (AvgIpc) is 2.61. The van der Waals surface area contributed by atoms with Gasteiger partial charge < -0.3 is 20.3 Å². The van der Waals surface area contributed by atoms with Crippen LogP contribution < -0.4 is 15.4 Å². The van der Waals surface area contributed by atoms with Gasteiger partial charge in [0.2, 0.25) is 0 Å². The smallest absolute Gasteiger partial charge is 0.387 e. The van der Waals surface area contributed by atoms with Gasteiger partial charge in [0.15, 0.2) is 5.96 Å². The molecule has 0 amide bonds. The van der Waals surface area contributed by atoms with Gasteiger partial charge in [-0.1, -0.05) is 18.2 Å². The second kappa shape index (κ2) is 10.3. The van der Waals surface area contributed by atoms with Gasteiger partial charge in [0.05, 0.1) is 6.54 Å². The Bertz CT molecular complexity index is 572. The Morgan fingerprint density at radius 1 is 1.27 bits per heavy atom. The monoisotopic (exact) mass is 368 g/mol. The summed E-state index contributed by atoms with van der Waals surface area (Å²) in [6.45, 7) is 6.77. The van der Waals surface area contributed by atoms with Crippen LogP contribution in [0.25, 0.3) is 0 Å². The van der Waals surface area contributed by atoms with E-state index in [9.17, 15) is 8.78 Å². The van der Waals surface area contributed by atoms with Crippen LogP contribution >= 0.6 is 0 Å². The summed E-state index contributed by atoms with van der Waals surface area (Å²) in [7, 11) is 0. The number of nitrogens with one attached hydrogen (secondary N) is 2. The molecule has 1 aliphatic rings. The zero-order valence-electron chi connectivity index (χ0n) is 15.8. The Morgan fingerprint density at radius 3 is 2.58 bits per heavy atom. The largest absolute Gasteiger partial charge is 0.434 e. The fourth-order valence-electron chi connectivity index (χ4n) is 3.08. The van der Waals surface area contributed by atoms with Crippen LogP contribution in [0.4, 0.5) is 8.78 Å². The number of benzene rings is 1. The molecule has 1 aromatic carbocycles. The molecule has 7 heteroatoms. The lowest BCUT2D eigenvalue weighted by Gasteiger charge is -2.35. The van der Waals surface area contributed by atoms with E-state index in [1.807, 2.05) is 6.92 Å². The average molecular weight is 368 g/mol. The molecule has 0 spiro atoms. The van der Waals surface area contributed by atoms with Crippen molar-refractivity contribution in [3.63, 3.8) is 0 Å². The molecule has 0 aromatic heterocycles. The Kier molecular flexibility index (Phi) is 8.09. The fourth-order valence-corrected chi connectivity index (χ4v) is 3.08. The van der Waals surface area contributed by atoms with Gasteiger partial charge in [0.25, 0.3) is 0 Å². The maximum atomic E-state index is 12.5. The number of aliphatic imine (C=N–C) groups is 1. The van der Waals surface area contributed by atoms with Crippen LogP contribution in [0.1, 0.15) is 39.2 Å². The third-order valence-electron chi connectivity index (χ3n) is 4.54. The fraction of sp³-hybridized carbons (Fsp3) is 0.632. The van der Waals surface area contributed by atoms with E-state index in [0.717, 1.165) is 32.5 Å². The highest BCUT2D eigenvalue weighted by Crippen LogP contribution is 2.21. The molecule has 0 aliphatic carbocycles. The molecule has 5 nitrogen and oxygen atoms in total. The first-order valence-electron chi connectivity index (χ1n) is 9.31. The van der Waals surface area contributed by atoms with E-state index in [1.54, 1.807) is 24.3 Å². The molecule has 2 N–H and O–H groups in total. The SMILES string of the molecule is CCNC(=NCc1ccccc1OC(F)F)NC1CCN(C(C)C)CC1. The summed E-state index contributed by atoms with van der Waals surface area (Å²) < 4.78 is 29.6. The van der Waals surface area contributed by atoms with Crippen molar-refractivity contribution in [3.05, 3.63) is 29.8 Å². The van der Waals surface area contributed by atoms with E-state index in [4.69, 9.17) is 0 Å². The van der Waals surface area contributed by atoms with Gasteiger partial charge in [-0.2, -0.15) is 8.78 Å². The molecule has 1 fully saturated rings. The Morgan fingerprint density at radius 2 is 1.96 bits per heavy atom. The van der Waals surface area contributed by atoms with Crippen LogP contribution in [0.2, 0.25) is 0 Å². The van der Waals surface area contributed by atoms with Crippen molar-refractivity contribution in [1.29, 1.82) is 0 Å². The molecule has 0 saturated carbocycles. The molecule has 2 rings (SSSR count). The van der Waals surface area contributed by atoms with Crippen molar-refractivity contribution < 1.29 is 13.5 Å². The molecule has 0 radical (unpaired) electrons. The predicted molar refractivity (Wildman–Crippen MR) is 101 cm³/mol. The maximum Gasteiger partial charge on any atom is 0.387 e. The van der Waals surface area contributed by atoms with Crippen LogP contribution in [0, 0.1) is 0 Å². The van der Waals surface area contributed by atoms with Crippen LogP contribution in [0.3, 0.4) is 0 Å². The second-order valence-corrected chi connectivity index (χ2v) is 6.73. The van der Waals surface area contributed by atoms with Crippen LogP contribution in [0.15, 0.2) is 29.3 Å². The summed E-state index contributed by atoms with van der Waals surface area (Å²) in [5.41, 5.74) is 0.639. The lowest BCUT2D eigenvalue weighted by molar-refractivity contribution is -0.0504. The minimum Gasteiger partial charge on any atom is -0.434 e. The standard InChI is InChI=1S/C19H30F2N4O/c1-4-22-19(24-16-9-11-25(12-10-16)14(2)3)23-13-15-7-5-6-8-17(15)26-18(20)21/h5-8,14,16,18H,4,9-13H2,1-3H3,(H2,22,23,24). The Balaban J connectivity index is 1.97. The van der Waals surface area contributed by atoms with Crippen molar-refractivity contribution in [2.45, 2.75) is 58.9 Å². The van der Waals surface area contributed by atoms with Gasteiger partial charge in [-0.25, -0.2) is 4.99 Å². The molecule has 146 valence electrons. The topological polar surface area (TPSA) is 48.9 Å². The summed E-state index contributed by atoms with van der Waals surface area (Å²) in [5, 5.41) is 6.70. The molecule has 1 aliphatic heterocycles. The number of hydrogen-bond acceptors (Lipinski definition) is 3. The number of guanidine groups is 1. The van der Waals surface area contributed by atoms with Gasteiger partial charge >= 0.3 is 6.61 Å². The highest BCUT2D eigenvalue weighted by atomic mass is 19.3. The summed E-state index contributed by atoms with van der Waals surface area (Å²) in [5.74, 6) is 0.884. The summed E-state index contributed by atoms with van der Waals surface area (Å²) in [6, 6.07) is 7.71. The highest BCUT2D eigenvalue weighted by Gasteiger charge is 2.21. The van der Waals surface area contributed by atoms with Crippen molar-refractivity contribution in [2.24, 2.45) is 4.99 Å². The number of hydrogen-bond donors (Lipinski definition) is 2. The van der Waals surface area contributed by atoms with Crippen LogP contribution in [0.5, 0.6) is 5.75 Å². The molecular formula is C19H30F2N4O. The van der Waals surface area contributed by atoms with E-state index >= 15 is 0 Å². The lowest BCUT2D eigenvalue weighted by atomic mass is 10.0. The maximum absolute atomic E-state index is 12.5. The van der Waals surface area contributed by atoms with E-state index in [1.165, 1.54) is 0 Å². The highest BCUT2D eigenvalue weighted by molar-refractivity contribution is 5.80. The van der Waals surface area contributed by atoms with Crippen molar-refractivity contribution in [3.8, 4) is 5.75 Å². The van der Waals surface area contributed by atoms with E-state index in [2.05, 4.69) is 39.1 Å². The van der Waals surface area contributed by atoms with E-state index in [-0.39, 0.29) is 12.3 Å². The number of nitrogens with zero attached hydrogens (tertiary/aromatic N) is 2. The number of ether oxygens (including phenoxy) is 1. The Labute approximate surface area is 154 Å². The Hall–Kier alpha value is -1.89. The first-order chi connectivity index (χ1) is 12.5. The molecule has 1 aromatic rings. The van der Waals surface area contributed by atoms with Gasteiger partial charge in [0, 0.05) is 37.3 Å². The summed E-state index contributed by atoms with van der Waals surface area (Å²) in [6.07, 6.45) is 2.13. The molecule has 26 heavy (non-hydrogen) atoms. The molecule has 0 unspecified atom stereocenters. The first-order valence-corrected chi connectivity index (χ1v) is 9.31. The zero-order valence-corrected chi connectivity index (χ0v) is 15.8. The lowest BCUT2D eigenvalue weighted by Crippen LogP contribution is -2.49. The first kappa shape index (κ1) is 20.4. The van der Waals surface area contributed by atoms with Crippen LogP contribution in [-0.4, -0.2) is 49.2 Å². The minimum atomic E-state index is -2.84. The predicted octanol–water partition coefficient (Wildman–Crippen LogP) is 3.22. The third-order valence-corrected chi connectivity index (χ3v) is 4.54. The number of piperidine rings is 1. The second-order valence-electron chi connectivity index (χ2n) is 6.73. The number of likely N-dealkylation sites (tertiary alicyclic amines) is 1. The number of para-hydroxylation sites is 1. The number of rotatable bonds is 7. The zero-order chi connectivity index (χ0) is 18.9. The number of halogens is 2. The summed E-state index contributed by atoms with van der Waals surface area (Å²) in [4.78, 5) is 7.03. The third kappa shape index (κ3) is 6.44. The van der Waals surface area contributed by atoms with Crippen molar-refractivity contribution in [2.75, 3.05) is 19.6 Å². The van der Waals surface area contributed by atoms with Crippen molar-refractivity contribution >= 4 is 5.96 Å². The number of alkyl halides is 2. The normalized spacial score (nSPS) is 17.0. The van der Waals surface area contributed by atoms with Crippen molar-refractivity contribution in [1.82, 2.24) is 15.5 Å². The molecule has 1 heterocycles. The van der Waals surface area contributed by atoms with Gasteiger partial charge in [-0.3, -0.25) is 0 Å².